The number of rotatable bonds is 5. The molecule has 1 aromatic carbocycles. The Bertz CT molecular complexity index is 1040. The quantitative estimate of drug-likeness (QED) is 0.438. The van der Waals surface area contributed by atoms with Gasteiger partial charge in [-0.15, -0.1) is 0 Å². The van der Waals surface area contributed by atoms with Gasteiger partial charge in [0, 0.05) is 17.7 Å². The number of ether oxygens (including phenoxy) is 2. The molecule has 146 valence electrons. The van der Waals surface area contributed by atoms with Crippen molar-refractivity contribution >= 4 is 11.7 Å². The predicted molar refractivity (Wildman–Crippen MR) is 94.3 cm³/mol. The molecule has 2 heterocycles. The van der Waals surface area contributed by atoms with Gasteiger partial charge in [0.15, 0.2) is 5.76 Å². The Morgan fingerprint density at radius 1 is 1.39 bits per heavy atom. The van der Waals surface area contributed by atoms with Crippen LogP contribution < -0.4 is 15.9 Å². The van der Waals surface area contributed by atoms with Gasteiger partial charge in [-0.05, 0) is 6.92 Å². The lowest BCUT2D eigenvalue weighted by molar-refractivity contribution is -0.385. The summed E-state index contributed by atoms with van der Waals surface area (Å²) in [6.45, 7) is 1.00. The third-order valence-corrected chi connectivity index (χ3v) is 4.10. The zero-order chi connectivity index (χ0) is 20.4. The molecule has 1 aliphatic heterocycles. The van der Waals surface area contributed by atoms with E-state index in [2.05, 4.69) is 0 Å². The van der Waals surface area contributed by atoms with E-state index in [1.807, 2.05) is 0 Å². The lowest BCUT2D eigenvalue weighted by atomic mass is 9.85. The van der Waals surface area contributed by atoms with E-state index in [0.717, 1.165) is 6.07 Å². The molecule has 10 heteroatoms. The summed E-state index contributed by atoms with van der Waals surface area (Å²) >= 11 is 0. The Labute approximate surface area is 157 Å². The number of hydrogen-bond donors (Lipinski definition) is 2. The van der Waals surface area contributed by atoms with Crippen LogP contribution in [0.25, 0.3) is 0 Å². The number of nitro benzene ring substituents is 1. The topological polar surface area (TPSA) is 155 Å². The number of hydrogen-bond acceptors (Lipinski definition) is 9. The number of carbonyl (C=O) groups is 1. The highest BCUT2D eigenvalue weighted by Gasteiger charge is 2.41. The minimum Gasteiger partial charge on any atom is -0.462 e. The highest BCUT2D eigenvalue weighted by molar-refractivity contribution is 5.92. The van der Waals surface area contributed by atoms with Crippen LogP contribution in [-0.4, -0.2) is 22.6 Å². The first-order chi connectivity index (χ1) is 13.4. The van der Waals surface area contributed by atoms with Crippen molar-refractivity contribution in [1.29, 1.82) is 0 Å². The first kappa shape index (κ1) is 19.1. The smallest absolute Gasteiger partial charge is 0.340 e. The molecule has 0 saturated carbocycles. The van der Waals surface area contributed by atoms with E-state index >= 15 is 0 Å². The van der Waals surface area contributed by atoms with E-state index < -0.39 is 34.7 Å². The van der Waals surface area contributed by atoms with Gasteiger partial charge >= 0.3 is 5.97 Å². The third-order valence-electron chi connectivity index (χ3n) is 4.10. The monoisotopic (exact) mass is 388 g/mol. The summed E-state index contributed by atoms with van der Waals surface area (Å²) in [5.41, 5.74) is 4.73. The number of esters is 1. The molecule has 0 aliphatic carbocycles. The number of benzene rings is 1. The van der Waals surface area contributed by atoms with Gasteiger partial charge in [-0.2, -0.15) is 0 Å². The number of nitrogens with zero attached hydrogens (tertiary/aromatic N) is 1. The zero-order valence-electron chi connectivity index (χ0n) is 14.7. The highest BCUT2D eigenvalue weighted by Crippen LogP contribution is 2.44. The minimum atomic E-state index is -1.23. The molecule has 1 unspecified atom stereocenters. The summed E-state index contributed by atoms with van der Waals surface area (Å²) < 4.78 is 15.8. The molecular weight excluding hydrogens is 372 g/mol. The van der Waals surface area contributed by atoms with Crippen LogP contribution in [0.5, 0.6) is 5.75 Å². The molecule has 1 aromatic heterocycles. The number of para-hydroxylation sites is 1. The van der Waals surface area contributed by atoms with Gasteiger partial charge < -0.3 is 24.7 Å². The maximum absolute atomic E-state index is 12.5. The average Bonchev–Trinajstić information content (AvgIpc) is 2.67. The number of fused-ring (bicyclic) bond motifs is 1. The van der Waals surface area contributed by atoms with Gasteiger partial charge in [-0.1, -0.05) is 18.2 Å². The Hall–Kier alpha value is -3.66. The Balaban J connectivity index is 2.35. The van der Waals surface area contributed by atoms with Crippen molar-refractivity contribution < 1.29 is 28.7 Å². The van der Waals surface area contributed by atoms with Crippen LogP contribution in [0.15, 0.2) is 51.0 Å². The van der Waals surface area contributed by atoms with E-state index in [-0.39, 0.29) is 40.7 Å². The van der Waals surface area contributed by atoms with Crippen molar-refractivity contribution in [2.24, 2.45) is 5.73 Å². The maximum atomic E-state index is 12.5. The fraction of sp³-hybridized carbons (Fsp3) is 0.222. The molecule has 0 bridgehead atoms. The molecule has 0 saturated heterocycles. The highest BCUT2D eigenvalue weighted by atomic mass is 16.6. The fourth-order valence-electron chi connectivity index (χ4n) is 2.98. The van der Waals surface area contributed by atoms with E-state index in [1.165, 1.54) is 24.3 Å². The number of aliphatic hydroxyl groups excluding tert-OH is 1. The van der Waals surface area contributed by atoms with Crippen molar-refractivity contribution in [3.63, 3.8) is 0 Å². The van der Waals surface area contributed by atoms with Gasteiger partial charge in [0.25, 0.3) is 5.69 Å². The third kappa shape index (κ3) is 3.21. The second-order valence-corrected chi connectivity index (χ2v) is 5.78. The zero-order valence-corrected chi connectivity index (χ0v) is 14.7. The van der Waals surface area contributed by atoms with Gasteiger partial charge in [0.1, 0.15) is 17.9 Å². The van der Waals surface area contributed by atoms with Crippen molar-refractivity contribution in [3.05, 3.63) is 79.2 Å². The molecule has 1 aliphatic rings. The molecule has 1 atom stereocenters. The van der Waals surface area contributed by atoms with Crippen LogP contribution in [0.2, 0.25) is 0 Å². The number of nitrogens with two attached hydrogens (primary N) is 1. The molecule has 10 nitrogen and oxygen atoms in total. The summed E-state index contributed by atoms with van der Waals surface area (Å²) in [5, 5.41) is 20.9. The second kappa shape index (κ2) is 7.53. The van der Waals surface area contributed by atoms with Crippen LogP contribution in [-0.2, 0) is 16.1 Å². The van der Waals surface area contributed by atoms with Crippen LogP contribution in [0.4, 0.5) is 5.69 Å². The van der Waals surface area contributed by atoms with E-state index in [0.29, 0.717) is 0 Å². The summed E-state index contributed by atoms with van der Waals surface area (Å²) in [4.78, 5) is 35.8. The Morgan fingerprint density at radius 2 is 2.11 bits per heavy atom. The molecule has 3 N–H and O–H groups in total. The summed E-state index contributed by atoms with van der Waals surface area (Å²) in [6.07, 6.45) is 0. The van der Waals surface area contributed by atoms with E-state index in [9.17, 15) is 24.8 Å². The normalized spacial score (nSPS) is 15.6. The Morgan fingerprint density at radius 3 is 2.75 bits per heavy atom. The van der Waals surface area contributed by atoms with Crippen LogP contribution in [0, 0.1) is 10.1 Å². The van der Waals surface area contributed by atoms with Gasteiger partial charge in [0.05, 0.1) is 17.4 Å². The lowest BCUT2D eigenvalue weighted by Gasteiger charge is -2.26. The largest absolute Gasteiger partial charge is 0.462 e. The molecule has 0 spiro atoms. The van der Waals surface area contributed by atoms with Gasteiger partial charge in [-0.25, -0.2) is 4.79 Å². The first-order valence-corrected chi connectivity index (χ1v) is 8.24. The second-order valence-electron chi connectivity index (χ2n) is 5.78. The molecule has 0 fully saturated rings. The number of nitro groups is 1. The molecular formula is C18H16N2O8. The lowest BCUT2D eigenvalue weighted by Crippen LogP contribution is -2.30. The van der Waals surface area contributed by atoms with Crippen molar-refractivity contribution in [2.45, 2.75) is 19.4 Å². The average molecular weight is 388 g/mol. The molecule has 3 rings (SSSR count). The molecule has 2 aromatic rings. The molecule has 0 radical (unpaired) electrons. The molecule has 28 heavy (non-hydrogen) atoms. The van der Waals surface area contributed by atoms with E-state index in [4.69, 9.17) is 19.6 Å². The Kier molecular flexibility index (Phi) is 5.14. The summed E-state index contributed by atoms with van der Waals surface area (Å²) in [6, 6.07) is 6.66. The summed E-state index contributed by atoms with van der Waals surface area (Å²) in [7, 11) is 0. The maximum Gasteiger partial charge on any atom is 0.340 e. The van der Waals surface area contributed by atoms with Gasteiger partial charge in [0.2, 0.25) is 17.1 Å². The first-order valence-electron chi connectivity index (χ1n) is 8.24. The van der Waals surface area contributed by atoms with Crippen LogP contribution in [0.1, 0.15) is 29.9 Å². The standard InChI is InChI=1S/C18H16N2O8/c1-2-26-18(23)14-13(10-5-3-4-6-11(10)20(24)25)16-15(28-17(14)19)12(22)7-9(8-21)27-16/h3-7,13,21H,2,8,19H2,1H3. The number of aliphatic hydroxyl groups is 1. The summed E-state index contributed by atoms with van der Waals surface area (Å²) in [5.74, 6) is -3.11. The SMILES string of the molecule is CCOC(=O)C1=C(N)Oc2c(oc(CO)cc2=O)C1c1ccccc1[N+](=O)[O-]. The predicted octanol–water partition coefficient (Wildman–Crippen LogP) is 1.30. The fourth-order valence-corrected chi connectivity index (χ4v) is 2.98. The molecule has 0 amide bonds. The van der Waals surface area contributed by atoms with Gasteiger partial charge in [-0.3, -0.25) is 14.9 Å². The minimum absolute atomic E-state index is 0.0205. The van der Waals surface area contributed by atoms with Crippen LogP contribution in [0.3, 0.4) is 0 Å². The van der Waals surface area contributed by atoms with E-state index in [1.54, 1.807) is 6.92 Å². The van der Waals surface area contributed by atoms with Crippen molar-refractivity contribution in [1.82, 2.24) is 0 Å². The van der Waals surface area contributed by atoms with Crippen molar-refractivity contribution in [3.8, 4) is 5.75 Å². The number of carbonyl (C=O) groups excluding carboxylic acids is 1. The van der Waals surface area contributed by atoms with Crippen molar-refractivity contribution in [2.75, 3.05) is 6.61 Å². The van der Waals surface area contributed by atoms with Crippen LogP contribution >= 0.6 is 0 Å².